The van der Waals surface area contributed by atoms with Crippen LogP contribution < -0.4 is 5.32 Å². The molecule has 1 N–H and O–H groups in total. The fourth-order valence-electron chi connectivity index (χ4n) is 3.56. The standard InChI is InChI=1S/C15H30N2O/c1-12-5-4-6-13(2)15(12)16-14(3)11-17-7-9-18-10-8-17/h12-16H,4-11H2,1-3H3. The third-order valence-corrected chi connectivity index (χ3v) is 4.66. The Labute approximate surface area is 112 Å². The van der Waals surface area contributed by atoms with Gasteiger partial charge in [-0.25, -0.2) is 0 Å². The molecule has 1 heterocycles. The first-order chi connectivity index (χ1) is 8.66. The molecule has 0 aromatic heterocycles. The average molecular weight is 254 g/mol. The highest BCUT2D eigenvalue weighted by atomic mass is 16.5. The van der Waals surface area contributed by atoms with Crippen LogP contribution in [0.3, 0.4) is 0 Å². The van der Waals surface area contributed by atoms with Crippen LogP contribution in [0.5, 0.6) is 0 Å². The summed E-state index contributed by atoms with van der Waals surface area (Å²) in [6.07, 6.45) is 4.21. The van der Waals surface area contributed by atoms with E-state index in [4.69, 9.17) is 4.74 Å². The summed E-state index contributed by atoms with van der Waals surface area (Å²) in [6, 6.07) is 1.31. The van der Waals surface area contributed by atoms with Gasteiger partial charge in [-0.2, -0.15) is 0 Å². The zero-order chi connectivity index (χ0) is 13.0. The van der Waals surface area contributed by atoms with E-state index in [1.807, 2.05) is 0 Å². The second kappa shape index (κ2) is 6.88. The van der Waals surface area contributed by atoms with Crippen molar-refractivity contribution in [1.82, 2.24) is 10.2 Å². The summed E-state index contributed by atoms with van der Waals surface area (Å²) in [5, 5.41) is 3.88. The zero-order valence-electron chi connectivity index (χ0n) is 12.3. The van der Waals surface area contributed by atoms with E-state index in [9.17, 15) is 0 Å². The lowest BCUT2D eigenvalue weighted by atomic mass is 9.78. The van der Waals surface area contributed by atoms with E-state index in [2.05, 4.69) is 31.0 Å². The smallest absolute Gasteiger partial charge is 0.0594 e. The molecule has 3 atom stereocenters. The zero-order valence-corrected chi connectivity index (χ0v) is 12.3. The summed E-state index contributed by atoms with van der Waals surface area (Å²) < 4.78 is 5.40. The Balaban J connectivity index is 1.76. The van der Waals surface area contributed by atoms with Crippen LogP contribution in [0.1, 0.15) is 40.0 Å². The predicted octanol–water partition coefficient (Wildman–Crippen LogP) is 2.12. The van der Waals surface area contributed by atoms with Gasteiger partial charge in [0.05, 0.1) is 13.2 Å². The fraction of sp³-hybridized carbons (Fsp3) is 1.00. The van der Waals surface area contributed by atoms with Crippen molar-refractivity contribution in [2.24, 2.45) is 11.8 Å². The molecule has 18 heavy (non-hydrogen) atoms. The molecule has 3 unspecified atom stereocenters. The van der Waals surface area contributed by atoms with Gasteiger partial charge in [0, 0.05) is 31.7 Å². The van der Waals surface area contributed by atoms with E-state index in [-0.39, 0.29) is 0 Å². The molecule has 2 aliphatic rings. The molecule has 106 valence electrons. The molecule has 0 radical (unpaired) electrons. The van der Waals surface area contributed by atoms with Crippen molar-refractivity contribution in [1.29, 1.82) is 0 Å². The fourth-order valence-corrected chi connectivity index (χ4v) is 3.56. The molecule has 3 nitrogen and oxygen atoms in total. The lowest BCUT2D eigenvalue weighted by Crippen LogP contribution is -2.51. The average Bonchev–Trinajstić information content (AvgIpc) is 2.35. The second-order valence-corrected chi connectivity index (χ2v) is 6.39. The lowest BCUT2D eigenvalue weighted by molar-refractivity contribution is 0.0323. The summed E-state index contributed by atoms with van der Waals surface area (Å²) in [7, 11) is 0. The van der Waals surface area contributed by atoms with Gasteiger partial charge in [0.2, 0.25) is 0 Å². The van der Waals surface area contributed by atoms with Gasteiger partial charge in [-0.3, -0.25) is 4.90 Å². The van der Waals surface area contributed by atoms with Crippen LogP contribution >= 0.6 is 0 Å². The molecular weight excluding hydrogens is 224 g/mol. The molecule has 0 aromatic rings. The van der Waals surface area contributed by atoms with Crippen molar-refractivity contribution in [2.45, 2.75) is 52.1 Å². The van der Waals surface area contributed by atoms with Crippen molar-refractivity contribution in [2.75, 3.05) is 32.8 Å². The van der Waals surface area contributed by atoms with Crippen LogP contribution in [0, 0.1) is 11.8 Å². The highest BCUT2D eigenvalue weighted by Gasteiger charge is 2.28. The molecule has 2 rings (SSSR count). The second-order valence-electron chi connectivity index (χ2n) is 6.39. The topological polar surface area (TPSA) is 24.5 Å². The van der Waals surface area contributed by atoms with E-state index in [0.717, 1.165) is 44.2 Å². The van der Waals surface area contributed by atoms with E-state index in [0.29, 0.717) is 6.04 Å². The third kappa shape index (κ3) is 3.94. The number of ether oxygens (including phenoxy) is 1. The Morgan fingerprint density at radius 1 is 1.17 bits per heavy atom. The molecule has 0 bridgehead atoms. The number of rotatable bonds is 4. The van der Waals surface area contributed by atoms with Gasteiger partial charge in [0.15, 0.2) is 0 Å². The van der Waals surface area contributed by atoms with Gasteiger partial charge in [-0.15, -0.1) is 0 Å². The number of hydrogen-bond acceptors (Lipinski definition) is 3. The van der Waals surface area contributed by atoms with Crippen molar-refractivity contribution in [3.63, 3.8) is 0 Å². The minimum Gasteiger partial charge on any atom is -0.379 e. The maximum absolute atomic E-state index is 5.40. The van der Waals surface area contributed by atoms with Crippen molar-refractivity contribution in [3.8, 4) is 0 Å². The molecule has 3 heteroatoms. The van der Waals surface area contributed by atoms with Gasteiger partial charge in [-0.1, -0.05) is 20.3 Å². The number of nitrogens with zero attached hydrogens (tertiary/aromatic N) is 1. The largest absolute Gasteiger partial charge is 0.379 e. The molecule has 0 aromatic carbocycles. The molecule has 1 aliphatic carbocycles. The number of hydrogen-bond donors (Lipinski definition) is 1. The Bertz CT molecular complexity index is 231. The molecule has 1 aliphatic heterocycles. The number of nitrogens with one attached hydrogen (secondary N) is 1. The Morgan fingerprint density at radius 2 is 1.78 bits per heavy atom. The van der Waals surface area contributed by atoms with Crippen LogP contribution in [0.15, 0.2) is 0 Å². The van der Waals surface area contributed by atoms with E-state index >= 15 is 0 Å². The summed E-state index contributed by atoms with van der Waals surface area (Å²) in [5.74, 6) is 1.67. The maximum atomic E-state index is 5.40. The van der Waals surface area contributed by atoms with Crippen LogP contribution in [0.4, 0.5) is 0 Å². The SMILES string of the molecule is CC(CN1CCOCC1)NC1C(C)CCCC1C. The minimum absolute atomic E-state index is 0.594. The van der Waals surface area contributed by atoms with E-state index < -0.39 is 0 Å². The molecule has 1 saturated carbocycles. The summed E-state index contributed by atoms with van der Waals surface area (Å²) in [4.78, 5) is 2.53. The quantitative estimate of drug-likeness (QED) is 0.832. The van der Waals surface area contributed by atoms with Crippen molar-refractivity contribution < 1.29 is 4.74 Å². The number of morpholine rings is 1. The van der Waals surface area contributed by atoms with Crippen LogP contribution in [0.2, 0.25) is 0 Å². The van der Waals surface area contributed by atoms with E-state index in [1.54, 1.807) is 0 Å². The Kier molecular flexibility index (Phi) is 5.46. The Morgan fingerprint density at radius 3 is 2.39 bits per heavy atom. The Hall–Kier alpha value is -0.120. The molecule has 2 fully saturated rings. The lowest BCUT2D eigenvalue weighted by Gasteiger charge is -2.38. The van der Waals surface area contributed by atoms with Gasteiger partial charge in [0.1, 0.15) is 0 Å². The predicted molar refractivity (Wildman–Crippen MR) is 75.8 cm³/mol. The highest BCUT2D eigenvalue weighted by molar-refractivity contribution is 4.86. The molecular formula is C15H30N2O. The summed E-state index contributed by atoms with van der Waals surface area (Å²) in [6.45, 7) is 12.3. The van der Waals surface area contributed by atoms with Gasteiger partial charge < -0.3 is 10.1 Å². The highest BCUT2D eigenvalue weighted by Crippen LogP contribution is 2.29. The van der Waals surface area contributed by atoms with Gasteiger partial charge in [0.25, 0.3) is 0 Å². The first-order valence-electron chi connectivity index (χ1n) is 7.73. The molecule has 1 saturated heterocycles. The minimum atomic E-state index is 0.594. The van der Waals surface area contributed by atoms with Crippen LogP contribution in [0.25, 0.3) is 0 Å². The molecule has 0 amide bonds. The van der Waals surface area contributed by atoms with Crippen LogP contribution in [-0.4, -0.2) is 49.8 Å². The van der Waals surface area contributed by atoms with Crippen molar-refractivity contribution in [3.05, 3.63) is 0 Å². The van der Waals surface area contributed by atoms with E-state index in [1.165, 1.54) is 25.8 Å². The summed E-state index contributed by atoms with van der Waals surface area (Å²) in [5.41, 5.74) is 0. The van der Waals surface area contributed by atoms with Gasteiger partial charge >= 0.3 is 0 Å². The van der Waals surface area contributed by atoms with Crippen LogP contribution in [-0.2, 0) is 4.74 Å². The summed E-state index contributed by atoms with van der Waals surface area (Å²) >= 11 is 0. The third-order valence-electron chi connectivity index (χ3n) is 4.66. The normalized spacial score (nSPS) is 36.5. The first kappa shape index (κ1) is 14.3. The maximum Gasteiger partial charge on any atom is 0.0594 e. The molecule has 0 spiro atoms. The monoisotopic (exact) mass is 254 g/mol. The van der Waals surface area contributed by atoms with Crippen molar-refractivity contribution >= 4 is 0 Å². The first-order valence-corrected chi connectivity index (χ1v) is 7.73. The van der Waals surface area contributed by atoms with Gasteiger partial charge in [-0.05, 0) is 31.6 Å².